The van der Waals surface area contributed by atoms with Crippen LogP contribution in [0.25, 0.3) is 0 Å². The monoisotopic (exact) mass is 279 g/mol. The molecule has 0 unspecified atom stereocenters. The molecule has 0 saturated carbocycles. The van der Waals surface area contributed by atoms with Crippen LogP contribution in [-0.4, -0.2) is 17.4 Å². The molecular weight excluding hydrogens is 262 g/mol. The summed E-state index contributed by atoms with van der Waals surface area (Å²) in [6.45, 7) is 2.66. The normalized spacial score (nSPS) is 9.62. The van der Waals surface area contributed by atoms with Crippen molar-refractivity contribution in [3.8, 4) is 11.8 Å². The minimum absolute atomic E-state index is 0.128. The van der Waals surface area contributed by atoms with Crippen LogP contribution >= 0.6 is 0 Å². The number of nitrogens with two attached hydrogens (primary N) is 1. The maximum Gasteiger partial charge on any atom is 0.251 e. The van der Waals surface area contributed by atoms with Gasteiger partial charge in [-0.15, -0.1) is 0 Å². The van der Waals surface area contributed by atoms with E-state index in [9.17, 15) is 4.79 Å². The first-order valence-electron chi connectivity index (χ1n) is 6.69. The van der Waals surface area contributed by atoms with Gasteiger partial charge in [0.2, 0.25) is 0 Å². The topological polar surface area (TPSA) is 68.0 Å². The van der Waals surface area contributed by atoms with E-state index in [0.29, 0.717) is 18.7 Å². The van der Waals surface area contributed by atoms with Crippen molar-refractivity contribution >= 4 is 5.91 Å². The summed E-state index contributed by atoms with van der Waals surface area (Å²) in [6.07, 6.45) is 0. The predicted molar refractivity (Wildman–Crippen MR) is 82.5 cm³/mol. The van der Waals surface area contributed by atoms with Crippen molar-refractivity contribution in [2.45, 2.75) is 13.5 Å². The van der Waals surface area contributed by atoms with Gasteiger partial charge >= 0.3 is 0 Å². The number of benzene rings is 1. The van der Waals surface area contributed by atoms with E-state index in [2.05, 4.69) is 22.1 Å². The van der Waals surface area contributed by atoms with Gasteiger partial charge in [0, 0.05) is 16.8 Å². The van der Waals surface area contributed by atoms with Crippen LogP contribution in [-0.2, 0) is 6.54 Å². The van der Waals surface area contributed by atoms with Crippen molar-refractivity contribution in [2.75, 3.05) is 6.54 Å². The second-order valence-electron chi connectivity index (χ2n) is 4.54. The molecule has 1 aromatic heterocycles. The minimum atomic E-state index is -0.128. The molecule has 21 heavy (non-hydrogen) atoms. The van der Waals surface area contributed by atoms with Gasteiger partial charge in [-0.05, 0) is 43.3 Å². The zero-order valence-corrected chi connectivity index (χ0v) is 11.9. The summed E-state index contributed by atoms with van der Waals surface area (Å²) in [7, 11) is 0. The molecule has 3 N–H and O–H groups in total. The summed E-state index contributed by atoms with van der Waals surface area (Å²) in [6, 6.07) is 12.9. The number of carbonyl (C=O) groups is 1. The molecule has 4 heteroatoms. The van der Waals surface area contributed by atoms with E-state index < -0.39 is 0 Å². The van der Waals surface area contributed by atoms with E-state index in [1.54, 1.807) is 12.1 Å². The average molecular weight is 279 g/mol. The number of aromatic nitrogens is 1. The zero-order valence-electron chi connectivity index (χ0n) is 11.9. The molecule has 106 valence electrons. The number of amides is 1. The maximum absolute atomic E-state index is 12.0. The van der Waals surface area contributed by atoms with Crippen LogP contribution in [0.4, 0.5) is 0 Å². The number of nitrogens with one attached hydrogen (secondary N) is 1. The molecule has 0 spiro atoms. The van der Waals surface area contributed by atoms with Crippen LogP contribution in [0, 0.1) is 18.8 Å². The first-order chi connectivity index (χ1) is 10.2. The number of rotatable bonds is 3. The van der Waals surface area contributed by atoms with Gasteiger partial charge in [-0.2, -0.15) is 0 Å². The number of nitrogens with zero attached hydrogens (tertiary/aromatic N) is 1. The van der Waals surface area contributed by atoms with Crippen molar-refractivity contribution < 1.29 is 4.79 Å². The lowest BCUT2D eigenvalue weighted by Crippen LogP contribution is -2.23. The molecule has 4 nitrogen and oxygen atoms in total. The summed E-state index contributed by atoms with van der Waals surface area (Å²) < 4.78 is 0. The van der Waals surface area contributed by atoms with E-state index in [1.807, 2.05) is 37.3 Å². The van der Waals surface area contributed by atoms with Gasteiger partial charge in [-0.25, -0.2) is 0 Å². The van der Waals surface area contributed by atoms with E-state index in [-0.39, 0.29) is 5.91 Å². The molecule has 1 aromatic carbocycles. The van der Waals surface area contributed by atoms with Gasteiger partial charge in [0.15, 0.2) is 0 Å². The van der Waals surface area contributed by atoms with Crippen LogP contribution in [0.1, 0.15) is 27.3 Å². The average Bonchev–Trinajstić information content (AvgIpc) is 2.51. The molecule has 0 radical (unpaired) electrons. The summed E-state index contributed by atoms with van der Waals surface area (Å²) >= 11 is 0. The van der Waals surface area contributed by atoms with Gasteiger partial charge in [0.05, 0.1) is 18.8 Å². The van der Waals surface area contributed by atoms with Crippen molar-refractivity contribution in [3.63, 3.8) is 0 Å². The molecule has 1 heterocycles. The summed E-state index contributed by atoms with van der Waals surface area (Å²) in [5.41, 5.74) is 8.54. The van der Waals surface area contributed by atoms with Crippen molar-refractivity contribution in [3.05, 3.63) is 65.0 Å². The number of hydrogen-bond acceptors (Lipinski definition) is 3. The largest absolute Gasteiger partial charge is 0.346 e. The molecular formula is C17H17N3O. The smallest absolute Gasteiger partial charge is 0.251 e. The van der Waals surface area contributed by atoms with Crippen molar-refractivity contribution in [1.82, 2.24) is 10.3 Å². The van der Waals surface area contributed by atoms with Gasteiger partial charge in [-0.1, -0.05) is 17.9 Å². The Hall–Kier alpha value is -2.64. The Balaban J connectivity index is 1.97. The summed E-state index contributed by atoms with van der Waals surface area (Å²) in [5, 5.41) is 2.85. The second-order valence-corrected chi connectivity index (χ2v) is 4.54. The third-order valence-corrected chi connectivity index (χ3v) is 2.86. The highest BCUT2D eigenvalue weighted by molar-refractivity contribution is 5.94. The number of aryl methyl sites for hydroxylation is 1. The van der Waals surface area contributed by atoms with E-state index in [1.165, 1.54) is 0 Å². The lowest BCUT2D eigenvalue weighted by molar-refractivity contribution is 0.0950. The molecule has 0 bridgehead atoms. The third-order valence-electron chi connectivity index (χ3n) is 2.86. The van der Waals surface area contributed by atoms with Crippen LogP contribution in [0.15, 0.2) is 42.5 Å². The Kier molecular flexibility index (Phi) is 5.08. The molecule has 2 aromatic rings. The number of hydrogen-bond donors (Lipinski definition) is 2. The molecule has 0 fully saturated rings. The fourth-order valence-electron chi connectivity index (χ4n) is 1.83. The lowest BCUT2D eigenvalue weighted by atomic mass is 10.1. The fourth-order valence-corrected chi connectivity index (χ4v) is 1.83. The SMILES string of the molecule is Cc1cccc(CNC(=O)c2ccc(C#CCN)cc2)n1. The quantitative estimate of drug-likeness (QED) is 0.839. The summed E-state index contributed by atoms with van der Waals surface area (Å²) in [5.74, 6) is 5.56. The first-order valence-corrected chi connectivity index (χ1v) is 6.69. The Morgan fingerprint density at radius 1 is 1.24 bits per heavy atom. The molecule has 0 aliphatic carbocycles. The fraction of sp³-hybridized carbons (Fsp3) is 0.176. The van der Waals surface area contributed by atoms with Crippen LogP contribution in [0.3, 0.4) is 0 Å². The van der Waals surface area contributed by atoms with Crippen molar-refractivity contribution in [1.29, 1.82) is 0 Å². The highest BCUT2D eigenvalue weighted by atomic mass is 16.1. The highest BCUT2D eigenvalue weighted by Crippen LogP contribution is 2.04. The molecule has 0 saturated heterocycles. The second kappa shape index (κ2) is 7.22. The van der Waals surface area contributed by atoms with Crippen LogP contribution in [0.5, 0.6) is 0 Å². The lowest BCUT2D eigenvalue weighted by Gasteiger charge is -2.05. The molecule has 0 aliphatic heterocycles. The van der Waals surface area contributed by atoms with Gasteiger partial charge in [-0.3, -0.25) is 9.78 Å². The molecule has 0 aliphatic rings. The molecule has 2 rings (SSSR count). The standard InChI is InChI=1S/C17H17N3O/c1-13-4-2-6-16(20-13)12-19-17(21)15-9-7-14(8-10-15)5-3-11-18/h2,4,6-10H,11-12,18H2,1H3,(H,19,21). The van der Waals surface area contributed by atoms with Crippen LogP contribution in [0.2, 0.25) is 0 Å². The Morgan fingerprint density at radius 2 is 2.00 bits per heavy atom. The van der Waals surface area contributed by atoms with Crippen LogP contribution < -0.4 is 11.1 Å². The van der Waals surface area contributed by atoms with Gasteiger partial charge < -0.3 is 11.1 Å². The Labute approximate surface area is 124 Å². The minimum Gasteiger partial charge on any atom is -0.346 e. The first kappa shape index (κ1) is 14.8. The third kappa shape index (κ3) is 4.44. The highest BCUT2D eigenvalue weighted by Gasteiger charge is 2.05. The summed E-state index contributed by atoms with van der Waals surface area (Å²) in [4.78, 5) is 16.4. The number of carbonyl (C=O) groups excluding carboxylic acids is 1. The maximum atomic E-state index is 12.0. The zero-order chi connectivity index (χ0) is 15.1. The predicted octanol–water partition coefficient (Wildman–Crippen LogP) is 1.63. The molecule has 1 amide bonds. The Bertz CT molecular complexity index is 681. The molecule has 0 atom stereocenters. The van der Waals surface area contributed by atoms with Crippen molar-refractivity contribution in [2.24, 2.45) is 5.73 Å². The number of pyridine rings is 1. The Morgan fingerprint density at radius 3 is 2.67 bits per heavy atom. The van der Waals surface area contributed by atoms with Gasteiger partial charge in [0.1, 0.15) is 0 Å². The van der Waals surface area contributed by atoms with E-state index in [0.717, 1.165) is 17.0 Å². The van der Waals surface area contributed by atoms with E-state index >= 15 is 0 Å². The van der Waals surface area contributed by atoms with E-state index in [4.69, 9.17) is 5.73 Å². The van der Waals surface area contributed by atoms with Gasteiger partial charge in [0.25, 0.3) is 5.91 Å².